The van der Waals surface area contributed by atoms with Gasteiger partial charge in [0.2, 0.25) is 0 Å². The van der Waals surface area contributed by atoms with E-state index < -0.39 is 10.0 Å². The topological polar surface area (TPSA) is 46.6 Å². The predicted molar refractivity (Wildman–Crippen MR) is 86.2 cm³/mol. The lowest BCUT2D eigenvalue weighted by Crippen LogP contribution is -2.40. The van der Waals surface area contributed by atoms with E-state index in [1.165, 1.54) is 15.6 Å². The summed E-state index contributed by atoms with van der Waals surface area (Å²) < 4.78 is 32.3. The van der Waals surface area contributed by atoms with E-state index in [0.717, 1.165) is 17.7 Å². The molecule has 1 aromatic heterocycles. The van der Waals surface area contributed by atoms with Crippen molar-refractivity contribution in [1.82, 2.24) is 4.31 Å². The maximum atomic E-state index is 12.5. The summed E-state index contributed by atoms with van der Waals surface area (Å²) in [5.74, 6) is 1.33. The van der Waals surface area contributed by atoms with Crippen molar-refractivity contribution in [3.63, 3.8) is 0 Å². The standard InChI is InChI=1S/C15H25NO3S2/c1-12(2)13(3)4-5-14-6-7-15(20-14)21(17,18)16-8-10-19-11-9-16/h6-7,12-13H,4-5,8-11H2,1-3H3. The van der Waals surface area contributed by atoms with Gasteiger partial charge in [-0.15, -0.1) is 11.3 Å². The van der Waals surface area contributed by atoms with Crippen LogP contribution in [0.5, 0.6) is 0 Å². The zero-order valence-corrected chi connectivity index (χ0v) is 14.7. The molecule has 1 aromatic rings. The predicted octanol–water partition coefficient (Wildman–Crippen LogP) is 2.99. The minimum atomic E-state index is -3.32. The van der Waals surface area contributed by atoms with Crippen molar-refractivity contribution in [2.75, 3.05) is 26.3 Å². The summed E-state index contributed by atoms with van der Waals surface area (Å²) >= 11 is 1.42. The van der Waals surface area contributed by atoms with E-state index in [9.17, 15) is 8.42 Å². The molecule has 1 aliphatic rings. The second-order valence-electron chi connectivity index (χ2n) is 6.00. The van der Waals surface area contributed by atoms with E-state index >= 15 is 0 Å². The highest BCUT2D eigenvalue weighted by Gasteiger charge is 2.27. The first-order chi connectivity index (χ1) is 9.91. The number of ether oxygens (including phenoxy) is 1. The summed E-state index contributed by atoms with van der Waals surface area (Å²) in [5, 5.41) is 0. The lowest BCUT2D eigenvalue weighted by atomic mass is 9.93. The van der Waals surface area contributed by atoms with Crippen LogP contribution in [0.15, 0.2) is 16.3 Å². The van der Waals surface area contributed by atoms with E-state index in [-0.39, 0.29) is 0 Å². The fourth-order valence-electron chi connectivity index (χ4n) is 2.25. The van der Waals surface area contributed by atoms with Gasteiger partial charge >= 0.3 is 0 Å². The second kappa shape index (κ2) is 7.22. The molecule has 0 saturated carbocycles. The normalized spacial score (nSPS) is 19.0. The maximum absolute atomic E-state index is 12.5. The van der Waals surface area contributed by atoms with Crippen LogP contribution in [0.2, 0.25) is 0 Å². The first-order valence-electron chi connectivity index (χ1n) is 7.58. The number of hydrogen-bond donors (Lipinski definition) is 0. The Kier molecular flexibility index (Phi) is 5.82. The van der Waals surface area contributed by atoms with Crippen LogP contribution in [0, 0.1) is 11.8 Å². The molecule has 0 amide bonds. The largest absolute Gasteiger partial charge is 0.379 e. The number of thiophene rings is 1. The van der Waals surface area contributed by atoms with Gasteiger partial charge in [-0.1, -0.05) is 20.8 Å². The summed E-state index contributed by atoms with van der Waals surface area (Å²) in [6.07, 6.45) is 2.07. The van der Waals surface area contributed by atoms with Crippen molar-refractivity contribution in [2.24, 2.45) is 11.8 Å². The fourth-order valence-corrected chi connectivity index (χ4v) is 5.18. The van der Waals surface area contributed by atoms with Crippen LogP contribution in [0.3, 0.4) is 0 Å². The molecule has 4 nitrogen and oxygen atoms in total. The van der Waals surface area contributed by atoms with Crippen molar-refractivity contribution in [3.8, 4) is 0 Å². The Bertz CT molecular complexity index is 545. The van der Waals surface area contributed by atoms with Crippen LogP contribution >= 0.6 is 11.3 Å². The number of sulfonamides is 1. The zero-order chi connectivity index (χ0) is 15.5. The molecule has 0 spiro atoms. The average molecular weight is 332 g/mol. The fraction of sp³-hybridized carbons (Fsp3) is 0.733. The highest BCUT2D eigenvalue weighted by molar-refractivity contribution is 7.91. The third-order valence-corrected chi connectivity index (χ3v) is 7.70. The van der Waals surface area contributed by atoms with Gasteiger partial charge in [-0.05, 0) is 36.8 Å². The van der Waals surface area contributed by atoms with E-state index in [1.807, 2.05) is 6.07 Å². The quantitative estimate of drug-likeness (QED) is 0.805. The van der Waals surface area contributed by atoms with Gasteiger partial charge in [-0.25, -0.2) is 8.42 Å². The Morgan fingerprint density at radius 3 is 2.52 bits per heavy atom. The molecule has 0 aliphatic carbocycles. The SMILES string of the molecule is CC(C)C(C)CCc1ccc(S(=O)(=O)N2CCOCC2)s1. The lowest BCUT2D eigenvalue weighted by Gasteiger charge is -2.25. The van der Waals surface area contributed by atoms with E-state index in [0.29, 0.717) is 42.3 Å². The molecule has 1 atom stereocenters. The van der Waals surface area contributed by atoms with Gasteiger partial charge in [-0.2, -0.15) is 4.31 Å². The minimum absolute atomic E-state index is 0.458. The maximum Gasteiger partial charge on any atom is 0.252 e. The molecule has 0 radical (unpaired) electrons. The van der Waals surface area contributed by atoms with E-state index in [2.05, 4.69) is 20.8 Å². The number of rotatable bonds is 6. The molecule has 0 N–H and O–H groups in total. The van der Waals surface area contributed by atoms with Gasteiger partial charge in [0, 0.05) is 18.0 Å². The molecular weight excluding hydrogens is 306 g/mol. The molecule has 0 bridgehead atoms. The van der Waals surface area contributed by atoms with Crippen molar-refractivity contribution in [2.45, 2.75) is 37.8 Å². The Morgan fingerprint density at radius 2 is 1.90 bits per heavy atom. The molecule has 1 saturated heterocycles. The monoisotopic (exact) mass is 331 g/mol. The molecule has 1 aliphatic heterocycles. The molecule has 1 unspecified atom stereocenters. The Balaban J connectivity index is 2.01. The van der Waals surface area contributed by atoms with Crippen LogP contribution in [0.4, 0.5) is 0 Å². The number of nitrogens with zero attached hydrogens (tertiary/aromatic N) is 1. The second-order valence-corrected chi connectivity index (χ2v) is 9.33. The molecule has 120 valence electrons. The van der Waals surface area contributed by atoms with Crippen LogP contribution < -0.4 is 0 Å². The van der Waals surface area contributed by atoms with Gasteiger partial charge in [0.05, 0.1) is 13.2 Å². The van der Waals surface area contributed by atoms with Gasteiger partial charge in [-0.3, -0.25) is 0 Å². The first kappa shape index (κ1) is 16.9. The van der Waals surface area contributed by atoms with Crippen molar-refractivity contribution < 1.29 is 13.2 Å². The number of aryl methyl sites for hydroxylation is 1. The zero-order valence-electron chi connectivity index (χ0n) is 13.0. The Hall–Kier alpha value is -0.430. The first-order valence-corrected chi connectivity index (χ1v) is 9.83. The number of morpholine rings is 1. The summed E-state index contributed by atoms with van der Waals surface area (Å²) in [7, 11) is -3.32. The summed E-state index contributed by atoms with van der Waals surface area (Å²) in [5.41, 5.74) is 0. The minimum Gasteiger partial charge on any atom is -0.379 e. The smallest absolute Gasteiger partial charge is 0.252 e. The van der Waals surface area contributed by atoms with Gasteiger partial charge < -0.3 is 4.74 Å². The third kappa shape index (κ3) is 4.28. The molecule has 6 heteroatoms. The summed E-state index contributed by atoms with van der Waals surface area (Å²) in [6.45, 7) is 8.61. The highest BCUT2D eigenvalue weighted by atomic mass is 32.2. The molecular formula is C15H25NO3S2. The highest BCUT2D eigenvalue weighted by Crippen LogP contribution is 2.27. The summed E-state index contributed by atoms with van der Waals surface area (Å²) in [4.78, 5) is 1.16. The van der Waals surface area contributed by atoms with E-state index in [4.69, 9.17) is 4.74 Å². The van der Waals surface area contributed by atoms with Gasteiger partial charge in [0.1, 0.15) is 4.21 Å². The van der Waals surface area contributed by atoms with Crippen LogP contribution in [-0.2, 0) is 21.2 Å². The van der Waals surface area contributed by atoms with Crippen molar-refractivity contribution in [3.05, 3.63) is 17.0 Å². The van der Waals surface area contributed by atoms with Gasteiger partial charge in [0.15, 0.2) is 0 Å². The lowest BCUT2D eigenvalue weighted by molar-refractivity contribution is 0.0731. The Labute approximate surface area is 132 Å². The van der Waals surface area contributed by atoms with Crippen LogP contribution in [0.1, 0.15) is 32.1 Å². The van der Waals surface area contributed by atoms with E-state index in [1.54, 1.807) is 6.07 Å². The Morgan fingerprint density at radius 1 is 1.24 bits per heavy atom. The van der Waals surface area contributed by atoms with Crippen LogP contribution in [0.25, 0.3) is 0 Å². The molecule has 2 rings (SSSR count). The average Bonchev–Trinajstić information content (AvgIpc) is 2.95. The summed E-state index contributed by atoms with van der Waals surface area (Å²) in [6, 6.07) is 3.72. The van der Waals surface area contributed by atoms with Crippen molar-refractivity contribution in [1.29, 1.82) is 0 Å². The van der Waals surface area contributed by atoms with Gasteiger partial charge in [0.25, 0.3) is 10.0 Å². The molecule has 21 heavy (non-hydrogen) atoms. The molecule has 0 aromatic carbocycles. The number of hydrogen-bond acceptors (Lipinski definition) is 4. The third-order valence-electron chi connectivity index (χ3n) is 4.19. The molecule has 2 heterocycles. The molecule has 1 fully saturated rings. The van der Waals surface area contributed by atoms with Crippen LogP contribution in [-0.4, -0.2) is 39.0 Å². The van der Waals surface area contributed by atoms with Crippen molar-refractivity contribution >= 4 is 21.4 Å².